The van der Waals surface area contributed by atoms with Gasteiger partial charge < -0.3 is 10.3 Å². The van der Waals surface area contributed by atoms with E-state index in [2.05, 4.69) is 13.0 Å². The Bertz CT molecular complexity index is 765. The average Bonchev–Trinajstić information content (AvgIpc) is 2.63. The molecule has 0 fully saturated rings. The van der Waals surface area contributed by atoms with E-state index in [1.807, 2.05) is 67.6 Å². The molecule has 2 aromatic carbocycles. The van der Waals surface area contributed by atoms with Crippen LogP contribution in [0.4, 0.5) is 0 Å². The third kappa shape index (κ3) is 3.52. The number of hydroxylamine groups is 1. The van der Waals surface area contributed by atoms with Crippen LogP contribution in [0.5, 0.6) is 0 Å². The molecule has 25 heavy (non-hydrogen) atoms. The molecule has 0 saturated heterocycles. The first-order valence-electron chi connectivity index (χ1n) is 8.94. The second-order valence-corrected chi connectivity index (χ2v) is 6.68. The first-order chi connectivity index (χ1) is 12.1. The van der Waals surface area contributed by atoms with Crippen molar-refractivity contribution >= 4 is 5.71 Å². The maximum absolute atomic E-state index is 13.4. The van der Waals surface area contributed by atoms with E-state index < -0.39 is 12.1 Å². The zero-order valence-corrected chi connectivity index (χ0v) is 14.8. The summed E-state index contributed by atoms with van der Waals surface area (Å²) in [5.41, 5.74) is 3.47. The first-order valence-corrected chi connectivity index (χ1v) is 8.94. The summed E-state index contributed by atoms with van der Waals surface area (Å²) in [6, 6.07) is 19.1. The number of aliphatic hydroxyl groups is 1. The minimum Gasteiger partial charge on any atom is -0.623 e. The van der Waals surface area contributed by atoms with Crippen LogP contribution in [-0.4, -0.2) is 21.7 Å². The lowest BCUT2D eigenvalue weighted by molar-refractivity contribution is -0.519. The van der Waals surface area contributed by atoms with Gasteiger partial charge >= 0.3 is 0 Å². The molecule has 3 heteroatoms. The smallest absolute Gasteiger partial charge is 0.221 e. The Kier molecular flexibility index (Phi) is 5.34. The van der Waals surface area contributed by atoms with Crippen molar-refractivity contribution in [3.63, 3.8) is 0 Å². The van der Waals surface area contributed by atoms with Crippen molar-refractivity contribution in [2.75, 3.05) is 0 Å². The highest BCUT2D eigenvalue weighted by Gasteiger charge is 2.39. The molecule has 0 saturated carbocycles. The fourth-order valence-corrected chi connectivity index (χ4v) is 3.70. The molecule has 3 atom stereocenters. The topological polar surface area (TPSA) is 46.3 Å². The van der Waals surface area contributed by atoms with E-state index >= 15 is 0 Å². The van der Waals surface area contributed by atoms with Gasteiger partial charge in [-0.3, -0.25) is 0 Å². The van der Waals surface area contributed by atoms with Crippen LogP contribution >= 0.6 is 0 Å². The van der Waals surface area contributed by atoms with E-state index in [1.165, 1.54) is 0 Å². The highest BCUT2D eigenvalue weighted by Crippen LogP contribution is 2.36. The number of allylic oxidation sites excluding steroid dienone is 1. The molecule has 0 spiro atoms. The van der Waals surface area contributed by atoms with E-state index in [1.54, 1.807) is 0 Å². The van der Waals surface area contributed by atoms with Gasteiger partial charge in [0.25, 0.3) is 0 Å². The van der Waals surface area contributed by atoms with Gasteiger partial charge in [-0.25, -0.2) is 0 Å². The van der Waals surface area contributed by atoms with Gasteiger partial charge in [0.15, 0.2) is 6.04 Å². The number of aliphatic hydroxyl groups excluding tert-OH is 1. The van der Waals surface area contributed by atoms with Gasteiger partial charge in [0.2, 0.25) is 5.71 Å². The molecule has 3 nitrogen and oxygen atoms in total. The summed E-state index contributed by atoms with van der Waals surface area (Å²) in [4.78, 5) is 0. The molecular weight excluding hydrogens is 310 g/mol. The third-order valence-corrected chi connectivity index (χ3v) is 4.87. The Morgan fingerprint density at radius 3 is 2.24 bits per heavy atom. The summed E-state index contributed by atoms with van der Waals surface area (Å²) in [6.07, 6.45) is 3.13. The standard InChI is InChI=1S/C22H25NO2/c1-3-10-20(24)19-15-16(2)21(17-11-6-4-7-12-17)23(25)22(19)18-13-8-5-9-14-18/h4-9,11-15,19-20,22,24H,3,10H2,1-2H3/t19-,20?,22-/m0/s1. The second-order valence-electron chi connectivity index (χ2n) is 6.68. The molecule has 0 radical (unpaired) electrons. The highest BCUT2D eigenvalue weighted by atomic mass is 16.5. The first kappa shape index (κ1) is 17.4. The van der Waals surface area contributed by atoms with Crippen LogP contribution in [0.2, 0.25) is 0 Å². The summed E-state index contributed by atoms with van der Waals surface area (Å²) < 4.78 is 1.10. The van der Waals surface area contributed by atoms with E-state index in [0.29, 0.717) is 12.1 Å². The molecule has 1 heterocycles. The van der Waals surface area contributed by atoms with Gasteiger partial charge in [0.05, 0.1) is 12.0 Å². The number of rotatable bonds is 5. The summed E-state index contributed by atoms with van der Waals surface area (Å²) in [5, 5.41) is 24.1. The maximum Gasteiger partial charge on any atom is 0.221 e. The number of nitrogens with zero attached hydrogens (tertiary/aromatic N) is 1. The Balaban J connectivity index is 2.12. The molecule has 3 rings (SSSR count). The molecule has 0 bridgehead atoms. The quantitative estimate of drug-likeness (QED) is 0.647. The fraction of sp³-hybridized carbons (Fsp3) is 0.318. The minimum absolute atomic E-state index is 0.215. The number of hydrogen-bond acceptors (Lipinski definition) is 2. The normalized spacial score (nSPS) is 21.8. The van der Waals surface area contributed by atoms with Crippen molar-refractivity contribution in [2.45, 2.75) is 38.8 Å². The van der Waals surface area contributed by atoms with Gasteiger partial charge in [0, 0.05) is 16.7 Å². The average molecular weight is 335 g/mol. The van der Waals surface area contributed by atoms with Gasteiger partial charge in [-0.2, -0.15) is 4.74 Å². The Morgan fingerprint density at radius 2 is 1.64 bits per heavy atom. The van der Waals surface area contributed by atoms with Crippen molar-refractivity contribution in [1.29, 1.82) is 0 Å². The van der Waals surface area contributed by atoms with Crippen molar-refractivity contribution in [3.05, 3.63) is 88.6 Å². The Morgan fingerprint density at radius 1 is 1.04 bits per heavy atom. The molecule has 0 amide bonds. The predicted molar refractivity (Wildman–Crippen MR) is 102 cm³/mol. The SMILES string of the molecule is CCCC(O)[C@@H]1C=C(C)C(c2ccccc2)=[N+]([O-])[C@H]1c1ccccc1. The lowest BCUT2D eigenvalue weighted by Crippen LogP contribution is -2.37. The zero-order valence-electron chi connectivity index (χ0n) is 14.8. The Labute approximate surface area is 149 Å². The molecular formula is C22H25NO2. The molecule has 1 aliphatic heterocycles. The highest BCUT2D eigenvalue weighted by molar-refractivity contribution is 6.09. The van der Waals surface area contributed by atoms with Crippen LogP contribution < -0.4 is 0 Å². The monoisotopic (exact) mass is 335 g/mol. The lowest BCUT2D eigenvalue weighted by Gasteiger charge is -2.33. The molecule has 1 unspecified atom stereocenters. The molecule has 0 aromatic heterocycles. The lowest BCUT2D eigenvalue weighted by atomic mass is 9.81. The van der Waals surface area contributed by atoms with E-state index in [4.69, 9.17) is 0 Å². The van der Waals surface area contributed by atoms with E-state index in [-0.39, 0.29) is 5.92 Å². The van der Waals surface area contributed by atoms with E-state index in [9.17, 15) is 10.3 Å². The van der Waals surface area contributed by atoms with Gasteiger partial charge in [-0.05, 0) is 25.5 Å². The van der Waals surface area contributed by atoms with Crippen molar-refractivity contribution < 1.29 is 9.85 Å². The Hall–Kier alpha value is -2.39. The molecule has 0 aliphatic carbocycles. The molecule has 130 valence electrons. The second kappa shape index (κ2) is 7.66. The van der Waals surface area contributed by atoms with Crippen LogP contribution in [0.1, 0.15) is 43.9 Å². The number of hydrogen-bond donors (Lipinski definition) is 1. The molecule has 2 aromatic rings. The summed E-state index contributed by atoms with van der Waals surface area (Å²) in [5.74, 6) is -0.215. The number of benzene rings is 2. The maximum atomic E-state index is 13.4. The largest absolute Gasteiger partial charge is 0.623 e. The summed E-state index contributed by atoms with van der Waals surface area (Å²) in [7, 11) is 0. The van der Waals surface area contributed by atoms with E-state index in [0.717, 1.165) is 27.9 Å². The minimum atomic E-state index is -0.529. The molecule has 1 aliphatic rings. The van der Waals surface area contributed by atoms with Crippen LogP contribution in [-0.2, 0) is 0 Å². The van der Waals surface area contributed by atoms with Crippen LogP contribution in [0.25, 0.3) is 0 Å². The van der Waals surface area contributed by atoms with Crippen LogP contribution in [0.15, 0.2) is 72.3 Å². The zero-order chi connectivity index (χ0) is 17.8. The fourth-order valence-electron chi connectivity index (χ4n) is 3.70. The predicted octanol–water partition coefficient (Wildman–Crippen LogP) is 4.46. The van der Waals surface area contributed by atoms with Gasteiger partial charge in [-0.15, -0.1) is 0 Å². The van der Waals surface area contributed by atoms with Crippen LogP contribution in [0.3, 0.4) is 0 Å². The molecule has 1 N–H and O–H groups in total. The summed E-state index contributed by atoms with van der Waals surface area (Å²) in [6.45, 7) is 4.01. The van der Waals surface area contributed by atoms with Gasteiger partial charge in [-0.1, -0.05) is 68.0 Å². The third-order valence-electron chi connectivity index (χ3n) is 4.87. The summed E-state index contributed by atoms with van der Waals surface area (Å²) >= 11 is 0. The van der Waals surface area contributed by atoms with Gasteiger partial charge in [0.1, 0.15) is 0 Å². The van der Waals surface area contributed by atoms with Crippen molar-refractivity contribution in [2.24, 2.45) is 5.92 Å². The van der Waals surface area contributed by atoms with Crippen molar-refractivity contribution in [3.8, 4) is 0 Å². The van der Waals surface area contributed by atoms with Crippen LogP contribution in [0, 0.1) is 11.1 Å². The van der Waals surface area contributed by atoms with Crippen molar-refractivity contribution in [1.82, 2.24) is 0 Å².